The van der Waals surface area contributed by atoms with Crippen molar-refractivity contribution < 1.29 is 14.4 Å². The van der Waals surface area contributed by atoms with Gasteiger partial charge in [0, 0.05) is 25.7 Å². The lowest BCUT2D eigenvalue weighted by molar-refractivity contribution is -0.140. The Labute approximate surface area is 124 Å². The number of imide groups is 1. The minimum Gasteiger partial charge on any atom is -0.336 e. The van der Waals surface area contributed by atoms with Gasteiger partial charge < -0.3 is 15.5 Å². The molecule has 0 aromatic heterocycles. The number of piperazine rings is 1. The van der Waals surface area contributed by atoms with E-state index >= 15 is 0 Å². The quantitative estimate of drug-likeness (QED) is 0.683. The van der Waals surface area contributed by atoms with E-state index in [4.69, 9.17) is 0 Å². The van der Waals surface area contributed by atoms with Crippen LogP contribution in [0.25, 0.3) is 0 Å². The summed E-state index contributed by atoms with van der Waals surface area (Å²) in [5, 5.41) is 6.02. The van der Waals surface area contributed by atoms with Crippen LogP contribution in [0.4, 0.5) is 4.79 Å². The summed E-state index contributed by atoms with van der Waals surface area (Å²) in [7, 11) is 0. The molecule has 1 spiro atoms. The Kier molecular flexibility index (Phi) is 3.61. The number of nitrogens with zero attached hydrogens (tertiary/aromatic N) is 2. The highest BCUT2D eigenvalue weighted by molar-refractivity contribution is 6.09. The third-order valence-electron chi connectivity index (χ3n) is 4.82. The topological polar surface area (TPSA) is 81.8 Å². The molecule has 7 heteroatoms. The van der Waals surface area contributed by atoms with E-state index in [1.165, 1.54) is 0 Å². The van der Waals surface area contributed by atoms with Crippen molar-refractivity contribution in [1.29, 1.82) is 0 Å². The predicted molar refractivity (Wildman–Crippen MR) is 75.5 cm³/mol. The number of hydrogen-bond acceptors (Lipinski definition) is 4. The fourth-order valence-corrected chi connectivity index (χ4v) is 3.57. The lowest BCUT2D eigenvalue weighted by atomic mass is 9.98. The van der Waals surface area contributed by atoms with Gasteiger partial charge >= 0.3 is 6.03 Å². The Hall–Kier alpha value is -1.63. The molecule has 3 rings (SSSR count). The molecule has 0 bridgehead atoms. The molecule has 2 saturated heterocycles. The Bertz CT molecular complexity index is 473. The van der Waals surface area contributed by atoms with Crippen molar-refractivity contribution in [3.63, 3.8) is 0 Å². The van der Waals surface area contributed by atoms with Crippen LogP contribution in [0.5, 0.6) is 0 Å². The number of carbonyl (C=O) groups excluding carboxylic acids is 3. The van der Waals surface area contributed by atoms with Crippen molar-refractivity contribution in [2.75, 3.05) is 26.2 Å². The van der Waals surface area contributed by atoms with Gasteiger partial charge in [-0.15, -0.1) is 0 Å². The van der Waals surface area contributed by atoms with Crippen LogP contribution in [0.15, 0.2) is 0 Å². The molecule has 0 aromatic rings. The van der Waals surface area contributed by atoms with E-state index < -0.39 is 11.6 Å². The van der Waals surface area contributed by atoms with Gasteiger partial charge in [-0.3, -0.25) is 14.5 Å². The van der Waals surface area contributed by atoms with Crippen LogP contribution in [0, 0.1) is 0 Å². The smallest absolute Gasteiger partial charge is 0.325 e. The normalized spacial score (nSPS) is 28.3. The van der Waals surface area contributed by atoms with E-state index in [0.29, 0.717) is 19.4 Å². The number of amides is 4. The molecule has 0 radical (unpaired) electrons. The minimum absolute atomic E-state index is 0.0902. The van der Waals surface area contributed by atoms with Gasteiger partial charge in [-0.25, -0.2) is 4.79 Å². The first-order valence-corrected chi connectivity index (χ1v) is 7.68. The predicted octanol–water partition coefficient (Wildman–Crippen LogP) is -0.329. The monoisotopic (exact) mass is 294 g/mol. The van der Waals surface area contributed by atoms with Crippen LogP contribution in [0.3, 0.4) is 0 Å². The van der Waals surface area contributed by atoms with Gasteiger partial charge in [0.05, 0.1) is 0 Å². The van der Waals surface area contributed by atoms with E-state index in [-0.39, 0.29) is 24.4 Å². The molecule has 0 aromatic carbocycles. The lowest BCUT2D eigenvalue weighted by Crippen LogP contribution is -2.55. The number of carbonyl (C=O) groups is 3. The first-order valence-electron chi connectivity index (χ1n) is 7.68. The molecular formula is C14H22N4O3. The molecule has 7 nitrogen and oxygen atoms in total. The largest absolute Gasteiger partial charge is 0.336 e. The van der Waals surface area contributed by atoms with Gasteiger partial charge in [0.25, 0.3) is 5.91 Å². The second-order valence-corrected chi connectivity index (χ2v) is 6.25. The van der Waals surface area contributed by atoms with E-state index in [0.717, 1.165) is 30.8 Å². The number of rotatable bonds is 2. The van der Waals surface area contributed by atoms with Crippen molar-refractivity contribution in [3.05, 3.63) is 0 Å². The summed E-state index contributed by atoms with van der Waals surface area (Å²) < 4.78 is 0. The highest BCUT2D eigenvalue weighted by Crippen LogP contribution is 2.34. The van der Waals surface area contributed by atoms with Gasteiger partial charge in [0.2, 0.25) is 5.91 Å². The maximum Gasteiger partial charge on any atom is 0.325 e. The van der Waals surface area contributed by atoms with Crippen molar-refractivity contribution in [3.8, 4) is 0 Å². The van der Waals surface area contributed by atoms with Crippen LogP contribution >= 0.6 is 0 Å². The van der Waals surface area contributed by atoms with Gasteiger partial charge in [-0.1, -0.05) is 12.8 Å². The highest BCUT2D eigenvalue weighted by Gasteiger charge is 2.52. The molecule has 1 atom stereocenters. The molecule has 2 heterocycles. The summed E-state index contributed by atoms with van der Waals surface area (Å²) in [6, 6.07) is -0.328. The molecule has 2 N–H and O–H groups in total. The summed E-state index contributed by atoms with van der Waals surface area (Å²) in [6.07, 6.45) is 3.27. The van der Waals surface area contributed by atoms with Crippen LogP contribution in [-0.4, -0.2) is 65.4 Å². The average Bonchev–Trinajstić information content (AvgIpc) is 3.01. The van der Waals surface area contributed by atoms with Crippen LogP contribution in [0.1, 0.15) is 32.6 Å². The standard InChI is InChI=1S/C14H22N4O3/c1-10-8-15-6-7-17(10)11(19)9-18-12(20)14(16-13(18)21)4-2-3-5-14/h10,15H,2-9H2,1H3,(H,16,21). The maximum absolute atomic E-state index is 12.5. The number of hydrogen-bond donors (Lipinski definition) is 2. The van der Waals surface area contributed by atoms with Crippen LogP contribution in [-0.2, 0) is 9.59 Å². The second-order valence-electron chi connectivity index (χ2n) is 6.25. The van der Waals surface area contributed by atoms with Crippen LogP contribution in [0.2, 0.25) is 0 Å². The second kappa shape index (κ2) is 5.29. The summed E-state index contributed by atoms with van der Waals surface area (Å²) in [5.41, 5.74) is -0.730. The molecule has 116 valence electrons. The third kappa shape index (κ3) is 2.39. The van der Waals surface area contributed by atoms with E-state index in [2.05, 4.69) is 10.6 Å². The summed E-state index contributed by atoms with van der Waals surface area (Å²) in [6.45, 7) is 3.94. The van der Waals surface area contributed by atoms with Crippen molar-refractivity contribution in [2.45, 2.75) is 44.2 Å². The molecule has 1 aliphatic carbocycles. The zero-order valence-corrected chi connectivity index (χ0v) is 12.4. The number of nitrogens with one attached hydrogen (secondary N) is 2. The Morgan fingerprint density at radius 1 is 1.33 bits per heavy atom. The van der Waals surface area contributed by atoms with E-state index in [1.54, 1.807) is 4.90 Å². The fourth-order valence-electron chi connectivity index (χ4n) is 3.57. The molecule has 3 aliphatic rings. The molecule has 4 amide bonds. The van der Waals surface area contributed by atoms with Crippen molar-refractivity contribution in [2.24, 2.45) is 0 Å². The van der Waals surface area contributed by atoms with Crippen molar-refractivity contribution in [1.82, 2.24) is 20.4 Å². The van der Waals surface area contributed by atoms with Gasteiger partial charge in [-0.05, 0) is 19.8 Å². The molecule has 21 heavy (non-hydrogen) atoms. The molecular weight excluding hydrogens is 272 g/mol. The molecule has 1 unspecified atom stereocenters. The average molecular weight is 294 g/mol. The summed E-state index contributed by atoms with van der Waals surface area (Å²) in [4.78, 5) is 39.8. The van der Waals surface area contributed by atoms with E-state index in [9.17, 15) is 14.4 Å². The molecule has 3 fully saturated rings. The fraction of sp³-hybridized carbons (Fsp3) is 0.786. The summed E-state index contributed by atoms with van der Waals surface area (Å²) in [5.74, 6) is -0.372. The van der Waals surface area contributed by atoms with E-state index in [1.807, 2.05) is 6.92 Å². The first kappa shape index (κ1) is 14.3. The lowest BCUT2D eigenvalue weighted by Gasteiger charge is -2.34. The minimum atomic E-state index is -0.730. The van der Waals surface area contributed by atoms with Crippen LogP contribution < -0.4 is 10.6 Å². The Morgan fingerprint density at radius 3 is 2.71 bits per heavy atom. The summed E-state index contributed by atoms with van der Waals surface area (Å²) >= 11 is 0. The van der Waals surface area contributed by atoms with Gasteiger partial charge in [0.1, 0.15) is 12.1 Å². The first-order chi connectivity index (χ1) is 10.0. The third-order valence-corrected chi connectivity index (χ3v) is 4.82. The zero-order valence-electron chi connectivity index (χ0n) is 12.4. The SMILES string of the molecule is CC1CNCCN1C(=O)CN1C(=O)NC2(CCCC2)C1=O. The van der Waals surface area contributed by atoms with Gasteiger partial charge in [0.15, 0.2) is 0 Å². The highest BCUT2D eigenvalue weighted by atomic mass is 16.2. The number of urea groups is 1. The Balaban J connectivity index is 1.68. The Morgan fingerprint density at radius 2 is 2.05 bits per heavy atom. The van der Waals surface area contributed by atoms with Gasteiger partial charge in [-0.2, -0.15) is 0 Å². The zero-order chi connectivity index (χ0) is 15.0. The molecule has 1 saturated carbocycles. The van der Waals surface area contributed by atoms with Crippen molar-refractivity contribution >= 4 is 17.8 Å². The molecule has 2 aliphatic heterocycles. The maximum atomic E-state index is 12.5.